The Morgan fingerprint density at radius 3 is 2.26 bits per heavy atom. The van der Waals surface area contributed by atoms with Gasteiger partial charge in [0.1, 0.15) is 0 Å². The van der Waals surface area contributed by atoms with Gasteiger partial charge < -0.3 is 11.1 Å². The summed E-state index contributed by atoms with van der Waals surface area (Å²) in [5.74, 6) is 0. The van der Waals surface area contributed by atoms with Crippen LogP contribution < -0.4 is 11.1 Å². The van der Waals surface area contributed by atoms with Crippen molar-refractivity contribution in [2.75, 3.05) is 12.8 Å². The average molecular weight is 284 g/mol. The minimum atomic E-state index is -3.10. The van der Waals surface area contributed by atoms with Crippen LogP contribution >= 0.6 is 0 Å². The second-order valence-electron chi connectivity index (χ2n) is 5.69. The number of hydrogen-bond acceptors (Lipinski definition) is 4. The van der Waals surface area contributed by atoms with Gasteiger partial charge in [0.2, 0.25) is 0 Å². The summed E-state index contributed by atoms with van der Waals surface area (Å²) in [6, 6.07) is 6.98. The van der Waals surface area contributed by atoms with Crippen LogP contribution in [0.2, 0.25) is 0 Å². The van der Waals surface area contributed by atoms with Gasteiger partial charge in [-0.1, -0.05) is 12.1 Å². The Morgan fingerprint density at radius 2 is 1.79 bits per heavy atom. The smallest absolute Gasteiger partial charge is 0.175 e. The highest BCUT2D eigenvalue weighted by atomic mass is 32.2. The third-order valence-corrected chi connectivity index (χ3v) is 3.98. The number of benzene rings is 1. The molecule has 0 atom stereocenters. The molecule has 5 heteroatoms. The van der Waals surface area contributed by atoms with Crippen LogP contribution in [0.1, 0.15) is 32.3 Å². The van der Waals surface area contributed by atoms with Crippen molar-refractivity contribution in [2.45, 2.75) is 43.7 Å². The first kappa shape index (κ1) is 16.1. The quantitative estimate of drug-likeness (QED) is 0.748. The van der Waals surface area contributed by atoms with Crippen molar-refractivity contribution < 1.29 is 8.42 Å². The number of rotatable bonds is 7. The summed E-state index contributed by atoms with van der Waals surface area (Å²) in [4.78, 5) is 0.362. The van der Waals surface area contributed by atoms with Crippen LogP contribution in [0.25, 0.3) is 0 Å². The summed E-state index contributed by atoms with van der Waals surface area (Å²) in [6.07, 6.45) is 3.23. The van der Waals surface area contributed by atoms with Gasteiger partial charge in [-0.05, 0) is 50.9 Å². The predicted molar refractivity (Wildman–Crippen MR) is 78.8 cm³/mol. The van der Waals surface area contributed by atoms with Crippen LogP contribution in [-0.4, -0.2) is 26.8 Å². The fourth-order valence-corrected chi connectivity index (χ4v) is 2.39. The maximum atomic E-state index is 11.3. The highest BCUT2D eigenvalue weighted by Crippen LogP contribution is 2.10. The fourth-order valence-electron chi connectivity index (χ4n) is 1.76. The van der Waals surface area contributed by atoms with Crippen LogP contribution in [0, 0.1) is 0 Å². The van der Waals surface area contributed by atoms with Crippen molar-refractivity contribution in [2.24, 2.45) is 5.73 Å². The Morgan fingerprint density at radius 1 is 1.21 bits per heavy atom. The van der Waals surface area contributed by atoms with Crippen LogP contribution in [0.3, 0.4) is 0 Å². The molecule has 0 bridgehead atoms. The van der Waals surface area contributed by atoms with Crippen molar-refractivity contribution >= 4 is 9.84 Å². The SMILES string of the molecule is CC(C)(N)CCCNCc1ccc(S(C)(=O)=O)cc1. The normalized spacial score (nSPS) is 12.6. The Bertz CT molecular complexity index is 487. The summed E-state index contributed by atoms with van der Waals surface area (Å²) < 4.78 is 22.6. The van der Waals surface area contributed by atoms with Crippen molar-refractivity contribution in [3.8, 4) is 0 Å². The van der Waals surface area contributed by atoms with Crippen molar-refractivity contribution in [1.82, 2.24) is 5.32 Å². The van der Waals surface area contributed by atoms with Gasteiger partial charge in [-0.3, -0.25) is 0 Å². The lowest BCUT2D eigenvalue weighted by molar-refractivity contribution is 0.448. The van der Waals surface area contributed by atoms with E-state index in [1.807, 2.05) is 26.0 Å². The summed E-state index contributed by atoms with van der Waals surface area (Å²) in [5.41, 5.74) is 6.87. The van der Waals surface area contributed by atoms with Crippen LogP contribution in [0.4, 0.5) is 0 Å². The Labute approximate surface area is 116 Å². The van der Waals surface area contributed by atoms with Gasteiger partial charge in [-0.2, -0.15) is 0 Å². The molecule has 108 valence electrons. The molecule has 0 saturated carbocycles. The lowest BCUT2D eigenvalue weighted by Crippen LogP contribution is -2.32. The topological polar surface area (TPSA) is 72.2 Å². The van der Waals surface area contributed by atoms with E-state index in [2.05, 4.69) is 5.32 Å². The first-order valence-electron chi connectivity index (χ1n) is 6.47. The lowest BCUT2D eigenvalue weighted by Gasteiger charge is -2.18. The minimum absolute atomic E-state index is 0.112. The Hall–Kier alpha value is -0.910. The highest BCUT2D eigenvalue weighted by molar-refractivity contribution is 7.90. The second-order valence-corrected chi connectivity index (χ2v) is 7.70. The molecule has 0 fully saturated rings. The zero-order valence-corrected chi connectivity index (χ0v) is 12.8. The van der Waals surface area contributed by atoms with E-state index in [1.165, 1.54) is 6.26 Å². The van der Waals surface area contributed by atoms with E-state index in [-0.39, 0.29) is 5.54 Å². The number of sulfone groups is 1. The van der Waals surface area contributed by atoms with E-state index in [9.17, 15) is 8.42 Å². The highest BCUT2D eigenvalue weighted by Gasteiger charge is 2.09. The van der Waals surface area contributed by atoms with E-state index in [1.54, 1.807) is 12.1 Å². The summed E-state index contributed by atoms with van der Waals surface area (Å²) in [6.45, 7) is 5.71. The number of hydrogen-bond donors (Lipinski definition) is 2. The Balaban J connectivity index is 2.35. The van der Waals surface area contributed by atoms with Crippen LogP contribution in [0.15, 0.2) is 29.2 Å². The molecule has 0 saturated heterocycles. The van der Waals surface area contributed by atoms with E-state index < -0.39 is 9.84 Å². The third kappa shape index (κ3) is 6.71. The van der Waals surface area contributed by atoms with Crippen molar-refractivity contribution in [3.63, 3.8) is 0 Å². The van der Waals surface area contributed by atoms with Gasteiger partial charge in [-0.15, -0.1) is 0 Å². The molecule has 0 aliphatic heterocycles. The first-order valence-corrected chi connectivity index (χ1v) is 8.36. The maximum Gasteiger partial charge on any atom is 0.175 e. The second kappa shape index (κ2) is 6.50. The summed E-state index contributed by atoms with van der Waals surface area (Å²) in [7, 11) is -3.10. The fraction of sp³-hybridized carbons (Fsp3) is 0.571. The van der Waals surface area contributed by atoms with E-state index in [4.69, 9.17) is 5.73 Å². The molecule has 0 aliphatic rings. The zero-order valence-electron chi connectivity index (χ0n) is 11.9. The van der Waals surface area contributed by atoms with E-state index in [0.29, 0.717) is 4.90 Å². The standard InChI is InChI=1S/C14H24N2O2S/c1-14(2,15)9-4-10-16-11-12-5-7-13(8-6-12)19(3,17)18/h5-8,16H,4,9-11,15H2,1-3H3. The molecule has 0 aliphatic carbocycles. The van der Waals surface area contributed by atoms with Crippen molar-refractivity contribution in [3.05, 3.63) is 29.8 Å². The number of nitrogens with two attached hydrogens (primary N) is 1. The molecule has 0 heterocycles. The first-order chi connectivity index (χ1) is 8.68. The van der Waals surface area contributed by atoms with Gasteiger partial charge in [0.15, 0.2) is 9.84 Å². The molecule has 1 aromatic carbocycles. The number of nitrogens with one attached hydrogen (secondary N) is 1. The third-order valence-electron chi connectivity index (χ3n) is 2.86. The van der Waals surface area contributed by atoms with Gasteiger partial charge in [-0.25, -0.2) is 8.42 Å². The van der Waals surface area contributed by atoms with Crippen molar-refractivity contribution in [1.29, 1.82) is 0 Å². The monoisotopic (exact) mass is 284 g/mol. The average Bonchev–Trinajstić information content (AvgIpc) is 2.26. The van der Waals surface area contributed by atoms with Gasteiger partial charge in [0.05, 0.1) is 4.90 Å². The van der Waals surface area contributed by atoms with Gasteiger partial charge >= 0.3 is 0 Å². The van der Waals surface area contributed by atoms with Crippen LogP contribution in [-0.2, 0) is 16.4 Å². The molecule has 1 rings (SSSR count). The maximum absolute atomic E-state index is 11.3. The molecule has 3 N–H and O–H groups in total. The zero-order chi connectivity index (χ0) is 14.5. The molecular formula is C14H24N2O2S. The molecular weight excluding hydrogens is 260 g/mol. The molecule has 0 unspecified atom stereocenters. The van der Waals surface area contributed by atoms with Crippen LogP contribution in [0.5, 0.6) is 0 Å². The Kier molecular flexibility index (Phi) is 5.52. The largest absolute Gasteiger partial charge is 0.326 e. The van der Waals surface area contributed by atoms with Gasteiger partial charge in [0, 0.05) is 18.3 Å². The minimum Gasteiger partial charge on any atom is -0.326 e. The molecule has 0 spiro atoms. The summed E-state index contributed by atoms with van der Waals surface area (Å²) >= 11 is 0. The molecule has 4 nitrogen and oxygen atoms in total. The molecule has 1 aromatic rings. The predicted octanol–water partition coefficient (Wildman–Crippen LogP) is 1.70. The lowest BCUT2D eigenvalue weighted by atomic mass is 10.0. The van der Waals surface area contributed by atoms with Gasteiger partial charge in [0.25, 0.3) is 0 Å². The molecule has 0 radical (unpaired) electrons. The molecule has 0 amide bonds. The summed E-state index contributed by atoms with van der Waals surface area (Å²) in [5, 5.41) is 3.33. The van der Waals surface area contributed by atoms with E-state index in [0.717, 1.165) is 31.5 Å². The molecule has 0 aromatic heterocycles. The molecule has 19 heavy (non-hydrogen) atoms. The van der Waals surface area contributed by atoms with E-state index >= 15 is 0 Å².